The molecule has 0 aliphatic heterocycles. The molecular weight excluding hydrogens is 448 g/mol. The van der Waals surface area contributed by atoms with E-state index in [4.69, 9.17) is 4.98 Å². The summed E-state index contributed by atoms with van der Waals surface area (Å²) in [5, 5.41) is 8.79. The third-order valence-corrected chi connectivity index (χ3v) is 7.96. The van der Waals surface area contributed by atoms with Crippen molar-refractivity contribution in [1.29, 1.82) is 0 Å². The molecule has 2 aromatic heterocycles. The van der Waals surface area contributed by atoms with Crippen molar-refractivity contribution in [2.24, 2.45) is 0 Å². The minimum absolute atomic E-state index is 0.406. The van der Waals surface area contributed by atoms with Crippen molar-refractivity contribution in [2.75, 3.05) is 0 Å². The van der Waals surface area contributed by atoms with Crippen molar-refractivity contribution in [2.45, 2.75) is 39.5 Å². The van der Waals surface area contributed by atoms with Crippen molar-refractivity contribution in [3.8, 4) is 11.3 Å². The predicted octanol–water partition coefficient (Wildman–Crippen LogP) is 9.86. The van der Waals surface area contributed by atoms with E-state index in [0.717, 1.165) is 5.65 Å². The largest absolute Gasteiger partial charge is 0.291 e. The second-order valence-corrected chi connectivity index (χ2v) is 10.8. The lowest BCUT2D eigenvalue weighted by Crippen LogP contribution is -2.03. The lowest BCUT2D eigenvalue weighted by Gasteiger charge is -2.21. The molecule has 2 heteroatoms. The van der Waals surface area contributed by atoms with E-state index in [1.165, 1.54) is 65.6 Å². The molecule has 7 rings (SSSR count). The Bertz CT molecular complexity index is 1960. The van der Waals surface area contributed by atoms with E-state index >= 15 is 0 Å². The number of hydrogen-bond donors (Lipinski definition) is 0. The van der Waals surface area contributed by atoms with Crippen LogP contribution in [0, 0.1) is 0 Å². The second-order valence-electron chi connectivity index (χ2n) is 10.8. The highest BCUT2D eigenvalue weighted by atomic mass is 15.0. The monoisotopic (exact) mass is 478 g/mol. The number of fused-ring (bicyclic) bond motifs is 10. The number of aromatic nitrogens is 2. The van der Waals surface area contributed by atoms with E-state index < -0.39 is 0 Å². The molecule has 0 bridgehead atoms. The lowest BCUT2D eigenvalue weighted by atomic mass is 9.87. The summed E-state index contributed by atoms with van der Waals surface area (Å²) in [4.78, 5) is 5.12. The molecule has 0 amide bonds. The molecule has 0 aliphatic rings. The van der Waals surface area contributed by atoms with Crippen LogP contribution in [-0.2, 0) is 0 Å². The Morgan fingerprint density at radius 2 is 1.19 bits per heavy atom. The zero-order valence-corrected chi connectivity index (χ0v) is 21.8. The summed E-state index contributed by atoms with van der Waals surface area (Å²) < 4.78 is 2.46. The van der Waals surface area contributed by atoms with Crippen LogP contribution in [0.25, 0.3) is 60.1 Å². The van der Waals surface area contributed by atoms with Gasteiger partial charge in [0.25, 0.3) is 0 Å². The van der Waals surface area contributed by atoms with E-state index in [0.29, 0.717) is 11.8 Å². The van der Waals surface area contributed by atoms with Gasteiger partial charge in [0, 0.05) is 21.7 Å². The van der Waals surface area contributed by atoms with E-state index in [9.17, 15) is 0 Å². The highest BCUT2D eigenvalue weighted by Crippen LogP contribution is 2.42. The van der Waals surface area contributed by atoms with Gasteiger partial charge >= 0.3 is 0 Å². The van der Waals surface area contributed by atoms with Crippen LogP contribution in [0.1, 0.15) is 50.7 Å². The molecule has 0 N–H and O–H groups in total. The molecule has 0 saturated heterocycles. The van der Waals surface area contributed by atoms with E-state index in [2.05, 4.69) is 129 Å². The number of benzene rings is 5. The molecule has 7 aromatic rings. The molecule has 37 heavy (non-hydrogen) atoms. The van der Waals surface area contributed by atoms with Gasteiger partial charge in [-0.2, -0.15) is 0 Å². The fourth-order valence-corrected chi connectivity index (χ4v) is 6.23. The Labute approximate surface area is 217 Å². The normalized spacial score (nSPS) is 12.3. The van der Waals surface area contributed by atoms with Crippen molar-refractivity contribution in [3.05, 3.63) is 108 Å². The number of imidazole rings is 1. The Balaban J connectivity index is 1.80. The molecule has 0 saturated carbocycles. The quantitative estimate of drug-likeness (QED) is 0.231. The maximum atomic E-state index is 5.12. The average Bonchev–Trinajstić information content (AvgIpc) is 3.37. The van der Waals surface area contributed by atoms with Gasteiger partial charge in [0.05, 0.1) is 17.4 Å². The maximum absolute atomic E-state index is 5.12. The Morgan fingerprint density at radius 3 is 1.92 bits per heavy atom. The van der Waals surface area contributed by atoms with Crippen LogP contribution in [-0.4, -0.2) is 9.38 Å². The number of pyridine rings is 1. The van der Waals surface area contributed by atoms with Crippen molar-refractivity contribution >= 4 is 48.9 Å². The van der Waals surface area contributed by atoms with Crippen LogP contribution < -0.4 is 0 Å². The van der Waals surface area contributed by atoms with Gasteiger partial charge in [-0.25, -0.2) is 4.98 Å². The van der Waals surface area contributed by atoms with Crippen LogP contribution in [0.2, 0.25) is 0 Å². The third-order valence-electron chi connectivity index (χ3n) is 7.96. The van der Waals surface area contributed by atoms with Crippen LogP contribution in [0.15, 0.2) is 97.2 Å². The molecule has 0 fully saturated rings. The van der Waals surface area contributed by atoms with Crippen molar-refractivity contribution in [1.82, 2.24) is 9.38 Å². The minimum Gasteiger partial charge on any atom is -0.291 e. The molecule has 0 spiro atoms. The number of hydrogen-bond acceptors (Lipinski definition) is 1. The first-order valence-electron chi connectivity index (χ1n) is 13.3. The first kappa shape index (κ1) is 22.1. The van der Waals surface area contributed by atoms with E-state index in [-0.39, 0.29) is 0 Å². The van der Waals surface area contributed by atoms with Gasteiger partial charge in [0.1, 0.15) is 5.65 Å². The summed E-state index contributed by atoms with van der Waals surface area (Å²) in [5.41, 5.74) is 7.52. The molecular formula is C35H30N2. The highest BCUT2D eigenvalue weighted by molar-refractivity contribution is 6.25. The van der Waals surface area contributed by atoms with E-state index in [1.807, 2.05) is 0 Å². The highest BCUT2D eigenvalue weighted by Gasteiger charge is 2.22. The van der Waals surface area contributed by atoms with Gasteiger partial charge in [-0.1, -0.05) is 119 Å². The Morgan fingerprint density at radius 1 is 0.568 bits per heavy atom. The molecule has 0 atom stereocenters. The summed E-state index contributed by atoms with van der Waals surface area (Å²) in [6, 6.07) is 33.4. The lowest BCUT2D eigenvalue weighted by molar-refractivity contribution is 0.836. The van der Waals surface area contributed by atoms with Crippen LogP contribution in [0.4, 0.5) is 0 Å². The number of nitrogens with zero attached hydrogens (tertiary/aromatic N) is 2. The van der Waals surface area contributed by atoms with Crippen LogP contribution >= 0.6 is 0 Å². The van der Waals surface area contributed by atoms with Crippen LogP contribution in [0.3, 0.4) is 0 Å². The van der Waals surface area contributed by atoms with Gasteiger partial charge in [0.15, 0.2) is 0 Å². The van der Waals surface area contributed by atoms with Gasteiger partial charge < -0.3 is 0 Å². The fourth-order valence-electron chi connectivity index (χ4n) is 6.23. The summed E-state index contributed by atoms with van der Waals surface area (Å²) in [6.07, 6.45) is 2.11. The van der Waals surface area contributed by atoms with E-state index in [1.54, 1.807) is 0 Å². The summed E-state index contributed by atoms with van der Waals surface area (Å²) in [5.74, 6) is 0.812. The summed E-state index contributed by atoms with van der Waals surface area (Å²) in [6.45, 7) is 9.18. The van der Waals surface area contributed by atoms with Gasteiger partial charge in [-0.15, -0.1) is 0 Å². The molecule has 0 aliphatic carbocycles. The molecule has 2 heterocycles. The topological polar surface area (TPSA) is 17.3 Å². The summed E-state index contributed by atoms with van der Waals surface area (Å²) >= 11 is 0. The first-order chi connectivity index (χ1) is 18.0. The Kier molecular flexibility index (Phi) is 4.87. The second kappa shape index (κ2) is 8.18. The fraction of sp³-hybridized carbons (Fsp3) is 0.171. The molecule has 0 radical (unpaired) electrons. The van der Waals surface area contributed by atoms with Gasteiger partial charge in [-0.3, -0.25) is 4.40 Å². The predicted molar refractivity (Wildman–Crippen MR) is 159 cm³/mol. The minimum atomic E-state index is 0.406. The van der Waals surface area contributed by atoms with Crippen LogP contribution in [0.5, 0.6) is 0 Å². The standard InChI is InChI=1S/C35H30N2/c1-21(2)25-14-9-15-26(22(3)4)33(25)31-20-36-35-30-13-8-7-12-28(30)29-19-18-24-17-16-23-10-5-6-11-27(23)32(24)34(29)37(31)35/h5-22H,1-4H3. The van der Waals surface area contributed by atoms with Gasteiger partial charge in [0.2, 0.25) is 0 Å². The third kappa shape index (κ3) is 3.15. The smallest absolute Gasteiger partial charge is 0.145 e. The van der Waals surface area contributed by atoms with Crippen molar-refractivity contribution < 1.29 is 0 Å². The maximum Gasteiger partial charge on any atom is 0.145 e. The molecule has 180 valence electrons. The van der Waals surface area contributed by atoms with Crippen molar-refractivity contribution in [3.63, 3.8) is 0 Å². The summed E-state index contributed by atoms with van der Waals surface area (Å²) in [7, 11) is 0. The molecule has 0 unspecified atom stereocenters. The SMILES string of the molecule is CC(C)c1cccc(C(C)C)c1-c1cnc2c3ccccc3c3ccc4ccc5ccccc5c4c3n12. The molecule has 2 nitrogen and oxygen atoms in total. The average molecular weight is 479 g/mol. The number of rotatable bonds is 3. The van der Waals surface area contributed by atoms with Gasteiger partial charge in [-0.05, 0) is 44.5 Å². The molecule has 5 aromatic carbocycles. The zero-order chi connectivity index (χ0) is 25.3. The first-order valence-corrected chi connectivity index (χ1v) is 13.3. The zero-order valence-electron chi connectivity index (χ0n) is 21.8. The Hall–Kier alpha value is -4.17.